The SMILES string of the molecule is CCCCCCCCCCOc1ccc(C(=O)Oc2cnc(-c3ccc(CCCCCC)cc3)nc2)c(F)c1. The number of rotatable bonds is 18. The molecular weight excluding hydrogens is 491 g/mol. The Hall–Kier alpha value is -3.28. The smallest absolute Gasteiger partial charge is 0.346 e. The van der Waals surface area contributed by atoms with Crippen LogP contribution in [0.4, 0.5) is 4.39 Å². The number of ether oxygens (including phenoxy) is 2. The van der Waals surface area contributed by atoms with Gasteiger partial charge in [0.15, 0.2) is 11.6 Å². The van der Waals surface area contributed by atoms with Crippen LogP contribution >= 0.6 is 0 Å². The number of carbonyl (C=O) groups is 1. The molecule has 0 saturated heterocycles. The average molecular weight is 535 g/mol. The van der Waals surface area contributed by atoms with E-state index in [1.165, 1.54) is 94.3 Å². The van der Waals surface area contributed by atoms with Crippen molar-refractivity contribution in [1.29, 1.82) is 0 Å². The fourth-order valence-electron chi connectivity index (χ4n) is 4.43. The van der Waals surface area contributed by atoms with E-state index in [9.17, 15) is 9.18 Å². The minimum Gasteiger partial charge on any atom is -0.493 e. The predicted molar refractivity (Wildman–Crippen MR) is 155 cm³/mol. The molecule has 3 aromatic rings. The summed E-state index contributed by atoms with van der Waals surface area (Å²) in [4.78, 5) is 21.2. The largest absolute Gasteiger partial charge is 0.493 e. The van der Waals surface area contributed by atoms with E-state index in [0.29, 0.717) is 18.2 Å². The van der Waals surface area contributed by atoms with Gasteiger partial charge in [-0.05, 0) is 37.0 Å². The first-order valence-corrected chi connectivity index (χ1v) is 14.7. The second kappa shape index (κ2) is 17.3. The van der Waals surface area contributed by atoms with Gasteiger partial charge in [-0.3, -0.25) is 0 Å². The zero-order chi connectivity index (χ0) is 27.7. The lowest BCUT2D eigenvalue weighted by atomic mass is 10.0. The third-order valence-electron chi connectivity index (χ3n) is 6.80. The lowest BCUT2D eigenvalue weighted by Gasteiger charge is -2.09. The van der Waals surface area contributed by atoms with Gasteiger partial charge >= 0.3 is 5.97 Å². The van der Waals surface area contributed by atoms with Crippen molar-refractivity contribution in [2.24, 2.45) is 0 Å². The summed E-state index contributed by atoms with van der Waals surface area (Å²) in [5.74, 6) is -0.375. The molecule has 1 heterocycles. The fourth-order valence-corrected chi connectivity index (χ4v) is 4.43. The van der Waals surface area contributed by atoms with Gasteiger partial charge in [-0.1, -0.05) is 102 Å². The van der Waals surface area contributed by atoms with E-state index in [2.05, 4.69) is 35.9 Å². The van der Waals surface area contributed by atoms with Crippen molar-refractivity contribution >= 4 is 5.97 Å². The van der Waals surface area contributed by atoms with Crippen molar-refractivity contribution in [2.45, 2.75) is 97.3 Å². The Bertz CT molecular complexity index is 1120. The Balaban J connectivity index is 1.43. The van der Waals surface area contributed by atoms with Crippen LogP contribution < -0.4 is 9.47 Å². The van der Waals surface area contributed by atoms with Crippen LogP contribution in [0, 0.1) is 5.82 Å². The van der Waals surface area contributed by atoms with E-state index in [0.717, 1.165) is 24.8 Å². The first-order valence-electron chi connectivity index (χ1n) is 14.7. The maximum Gasteiger partial charge on any atom is 0.346 e. The number of aryl methyl sites for hydroxylation is 1. The molecule has 0 atom stereocenters. The number of esters is 1. The molecule has 0 unspecified atom stereocenters. The van der Waals surface area contributed by atoms with Gasteiger partial charge in [-0.25, -0.2) is 19.2 Å². The summed E-state index contributed by atoms with van der Waals surface area (Å²) >= 11 is 0. The van der Waals surface area contributed by atoms with Gasteiger partial charge in [-0.2, -0.15) is 0 Å². The van der Waals surface area contributed by atoms with Crippen molar-refractivity contribution in [3.05, 3.63) is 71.8 Å². The average Bonchev–Trinajstić information content (AvgIpc) is 2.95. The summed E-state index contributed by atoms with van der Waals surface area (Å²) in [5, 5.41) is 0. The Morgan fingerprint density at radius 2 is 1.36 bits per heavy atom. The van der Waals surface area contributed by atoms with Crippen molar-refractivity contribution in [3.63, 3.8) is 0 Å². The molecular formula is C33H43FN2O3. The molecule has 0 radical (unpaired) electrons. The van der Waals surface area contributed by atoms with Gasteiger partial charge in [0, 0.05) is 11.6 Å². The van der Waals surface area contributed by atoms with E-state index in [1.54, 1.807) is 6.07 Å². The van der Waals surface area contributed by atoms with Crippen LogP contribution in [0.15, 0.2) is 54.9 Å². The first-order chi connectivity index (χ1) is 19.1. The molecule has 2 aromatic carbocycles. The summed E-state index contributed by atoms with van der Waals surface area (Å²) in [5.41, 5.74) is 2.03. The Morgan fingerprint density at radius 1 is 0.744 bits per heavy atom. The van der Waals surface area contributed by atoms with Gasteiger partial charge in [0.25, 0.3) is 0 Å². The van der Waals surface area contributed by atoms with E-state index >= 15 is 0 Å². The Kier molecular flexibility index (Phi) is 13.5. The fraction of sp³-hybridized carbons (Fsp3) is 0.485. The molecule has 0 aliphatic heterocycles. The van der Waals surface area contributed by atoms with Gasteiger partial charge in [0.1, 0.15) is 11.6 Å². The van der Waals surface area contributed by atoms with Crippen LogP contribution in [0.5, 0.6) is 11.5 Å². The summed E-state index contributed by atoms with van der Waals surface area (Å²) in [6.45, 7) is 4.97. The van der Waals surface area contributed by atoms with E-state index in [4.69, 9.17) is 9.47 Å². The molecule has 0 fully saturated rings. The second-order valence-corrected chi connectivity index (χ2v) is 10.1. The standard InChI is InChI=1S/C33H43FN2O3/c1-3-5-7-9-10-11-12-14-22-38-28-20-21-30(31(34)23-28)33(37)39-29-24-35-32(36-25-29)27-18-16-26(17-19-27)15-13-8-6-4-2/h16-21,23-25H,3-15,22H2,1-2H3. The molecule has 3 rings (SSSR count). The lowest BCUT2D eigenvalue weighted by molar-refractivity contribution is 0.0728. The van der Waals surface area contributed by atoms with Crippen LogP contribution in [0.3, 0.4) is 0 Å². The Morgan fingerprint density at radius 3 is 2.00 bits per heavy atom. The molecule has 0 amide bonds. The molecule has 39 heavy (non-hydrogen) atoms. The van der Waals surface area contributed by atoms with Gasteiger partial charge in [0.05, 0.1) is 24.6 Å². The van der Waals surface area contributed by atoms with Gasteiger partial charge in [0.2, 0.25) is 0 Å². The van der Waals surface area contributed by atoms with Crippen LogP contribution in [0.1, 0.15) is 107 Å². The predicted octanol–water partition coefficient (Wildman–Crippen LogP) is 9.14. The summed E-state index contributed by atoms with van der Waals surface area (Å²) in [6, 6.07) is 12.4. The van der Waals surface area contributed by atoms with E-state index < -0.39 is 11.8 Å². The molecule has 1 aromatic heterocycles. The molecule has 0 spiro atoms. The molecule has 6 heteroatoms. The highest BCUT2D eigenvalue weighted by Crippen LogP contribution is 2.21. The van der Waals surface area contributed by atoms with Crippen LogP contribution in [-0.2, 0) is 6.42 Å². The number of aromatic nitrogens is 2. The monoisotopic (exact) mass is 534 g/mol. The number of benzene rings is 2. The highest BCUT2D eigenvalue weighted by molar-refractivity contribution is 5.91. The van der Waals surface area contributed by atoms with Crippen molar-refractivity contribution in [1.82, 2.24) is 9.97 Å². The quantitative estimate of drug-likeness (QED) is 0.120. The number of halogens is 1. The molecule has 0 bridgehead atoms. The van der Waals surface area contributed by atoms with E-state index in [1.807, 2.05) is 12.1 Å². The van der Waals surface area contributed by atoms with Crippen molar-refractivity contribution in [3.8, 4) is 22.9 Å². The Labute approximate surface area is 233 Å². The van der Waals surface area contributed by atoms with E-state index in [-0.39, 0.29) is 11.3 Å². The molecule has 0 aliphatic carbocycles. The van der Waals surface area contributed by atoms with Crippen molar-refractivity contribution < 1.29 is 18.7 Å². The maximum atomic E-state index is 14.6. The highest BCUT2D eigenvalue weighted by atomic mass is 19.1. The molecule has 0 saturated carbocycles. The number of nitrogens with zero attached hydrogens (tertiary/aromatic N) is 2. The highest BCUT2D eigenvalue weighted by Gasteiger charge is 2.16. The number of carbonyl (C=O) groups excluding carboxylic acids is 1. The van der Waals surface area contributed by atoms with Crippen LogP contribution in [-0.4, -0.2) is 22.5 Å². The minimum absolute atomic E-state index is 0.158. The third kappa shape index (κ3) is 10.8. The van der Waals surface area contributed by atoms with Crippen LogP contribution in [0.25, 0.3) is 11.4 Å². The molecule has 0 N–H and O–H groups in total. The minimum atomic E-state index is -0.800. The zero-order valence-corrected chi connectivity index (χ0v) is 23.6. The first kappa shape index (κ1) is 30.3. The third-order valence-corrected chi connectivity index (χ3v) is 6.80. The number of unbranched alkanes of at least 4 members (excludes halogenated alkanes) is 10. The van der Waals surface area contributed by atoms with Gasteiger partial charge in [-0.15, -0.1) is 0 Å². The normalized spacial score (nSPS) is 10.9. The lowest BCUT2D eigenvalue weighted by Crippen LogP contribution is -2.11. The van der Waals surface area contributed by atoms with Crippen molar-refractivity contribution in [2.75, 3.05) is 6.61 Å². The summed E-state index contributed by atoms with van der Waals surface area (Å²) < 4.78 is 25.6. The molecule has 0 aliphatic rings. The number of hydrogen-bond acceptors (Lipinski definition) is 5. The number of hydrogen-bond donors (Lipinski definition) is 0. The topological polar surface area (TPSA) is 61.3 Å². The zero-order valence-electron chi connectivity index (χ0n) is 23.6. The molecule has 210 valence electrons. The van der Waals surface area contributed by atoms with Crippen LogP contribution in [0.2, 0.25) is 0 Å². The van der Waals surface area contributed by atoms with Gasteiger partial charge < -0.3 is 9.47 Å². The summed E-state index contributed by atoms with van der Waals surface area (Å²) in [7, 11) is 0. The second-order valence-electron chi connectivity index (χ2n) is 10.1. The summed E-state index contributed by atoms with van der Waals surface area (Å²) in [6.07, 6.45) is 18.5. The maximum absolute atomic E-state index is 14.6. The molecule has 5 nitrogen and oxygen atoms in total.